The second kappa shape index (κ2) is 6.38. The Balaban J connectivity index is 1.31. The van der Waals surface area contributed by atoms with Crippen molar-refractivity contribution in [1.82, 2.24) is 4.90 Å². The fourth-order valence-corrected chi connectivity index (χ4v) is 6.67. The second-order valence-corrected chi connectivity index (χ2v) is 10.1. The van der Waals surface area contributed by atoms with Crippen LogP contribution in [-0.2, 0) is 6.18 Å². The molecule has 3 fully saturated rings. The van der Waals surface area contributed by atoms with Crippen molar-refractivity contribution in [2.45, 2.75) is 45.2 Å². The number of hydrogen-bond donors (Lipinski definition) is 0. The Labute approximate surface area is 174 Å². The number of carbonyl (C=O) groups excluding carboxylic acids is 1. The molecule has 0 radical (unpaired) electrons. The maximum atomic E-state index is 13.0. The van der Waals surface area contributed by atoms with E-state index in [4.69, 9.17) is 4.42 Å². The van der Waals surface area contributed by atoms with Gasteiger partial charge in [0.25, 0.3) is 5.91 Å². The molecule has 1 amide bonds. The lowest BCUT2D eigenvalue weighted by Crippen LogP contribution is -2.41. The van der Waals surface area contributed by atoms with Crippen LogP contribution >= 0.6 is 0 Å². The fraction of sp³-hybridized carbons (Fsp3) is 0.542. The Morgan fingerprint density at radius 1 is 1.17 bits per heavy atom. The topological polar surface area (TPSA) is 33.5 Å². The number of nitrogens with zero attached hydrogens (tertiary/aromatic N) is 1. The zero-order valence-corrected chi connectivity index (χ0v) is 17.3. The van der Waals surface area contributed by atoms with Gasteiger partial charge in [0.05, 0.1) is 5.56 Å². The van der Waals surface area contributed by atoms with Gasteiger partial charge in [0.15, 0.2) is 5.76 Å². The lowest BCUT2D eigenvalue weighted by atomic mass is 9.67. The molecule has 5 rings (SSSR count). The largest absolute Gasteiger partial charge is 0.451 e. The number of furan rings is 1. The van der Waals surface area contributed by atoms with Crippen LogP contribution in [-0.4, -0.2) is 24.4 Å². The molecule has 0 aliphatic heterocycles. The number of fused-ring (bicyclic) bond motifs is 1. The summed E-state index contributed by atoms with van der Waals surface area (Å²) in [6.07, 6.45) is 1.86. The maximum Gasteiger partial charge on any atom is 0.416 e. The van der Waals surface area contributed by atoms with E-state index in [0.29, 0.717) is 23.4 Å². The third kappa shape index (κ3) is 3.25. The molecule has 4 atom stereocenters. The van der Waals surface area contributed by atoms with Crippen LogP contribution in [0.2, 0.25) is 0 Å². The highest BCUT2D eigenvalue weighted by atomic mass is 19.4. The van der Waals surface area contributed by atoms with Gasteiger partial charge in [-0.2, -0.15) is 13.2 Å². The van der Waals surface area contributed by atoms with E-state index in [0.717, 1.165) is 24.5 Å². The third-order valence-electron chi connectivity index (χ3n) is 7.51. The lowest BCUT2D eigenvalue weighted by molar-refractivity contribution is -0.137. The molecule has 0 saturated heterocycles. The van der Waals surface area contributed by atoms with Crippen molar-refractivity contribution in [3.63, 3.8) is 0 Å². The van der Waals surface area contributed by atoms with E-state index in [9.17, 15) is 18.0 Å². The van der Waals surface area contributed by atoms with E-state index in [2.05, 4.69) is 6.92 Å². The number of benzene rings is 1. The SMILES string of the molecule is CC1CC2(CN(C)C(=O)c3ccc(-c4cccc(C(F)(F)F)c4)o3)CC3CC3(C1)C2. The van der Waals surface area contributed by atoms with E-state index in [1.54, 1.807) is 30.1 Å². The monoisotopic (exact) mass is 417 g/mol. The number of rotatable bonds is 4. The van der Waals surface area contributed by atoms with Crippen LogP contribution in [0, 0.1) is 22.7 Å². The summed E-state index contributed by atoms with van der Waals surface area (Å²) < 4.78 is 44.6. The lowest BCUT2D eigenvalue weighted by Gasteiger charge is -2.42. The van der Waals surface area contributed by atoms with Gasteiger partial charge in [-0.15, -0.1) is 0 Å². The molecule has 4 unspecified atom stereocenters. The minimum atomic E-state index is -4.42. The average molecular weight is 417 g/mol. The van der Waals surface area contributed by atoms with Gasteiger partial charge in [-0.3, -0.25) is 4.79 Å². The van der Waals surface area contributed by atoms with E-state index >= 15 is 0 Å². The molecule has 3 aliphatic carbocycles. The predicted molar refractivity (Wildman–Crippen MR) is 107 cm³/mol. The summed E-state index contributed by atoms with van der Waals surface area (Å²) in [4.78, 5) is 14.7. The van der Waals surface area contributed by atoms with Crippen molar-refractivity contribution in [1.29, 1.82) is 0 Å². The Kier molecular flexibility index (Phi) is 4.19. The van der Waals surface area contributed by atoms with E-state index in [-0.39, 0.29) is 22.8 Å². The number of halogens is 3. The molecule has 1 aromatic carbocycles. The Hall–Kier alpha value is -2.24. The molecule has 2 aromatic rings. The van der Waals surface area contributed by atoms with Crippen LogP contribution in [0.1, 0.15) is 55.1 Å². The molecule has 3 nitrogen and oxygen atoms in total. The van der Waals surface area contributed by atoms with Crippen molar-refractivity contribution in [2.24, 2.45) is 22.7 Å². The zero-order valence-electron chi connectivity index (χ0n) is 17.3. The molecule has 3 aliphatic rings. The quantitative estimate of drug-likeness (QED) is 0.589. The first-order chi connectivity index (χ1) is 14.1. The van der Waals surface area contributed by atoms with Crippen molar-refractivity contribution in [3.05, 3.63) is 47.7 Å². The molecule has 1 heterocycles. The van der Waals surface area contributed by atoms with Crippen molar-refractivity contribution >= 4 is 5.91 Å². The highest BCUT2D eigenvalue weighted by molar-refractivity contribution is 5.92. The summed E-state index contributed by atoms with van der Waals surface area (Å²) in [5.41, 5.74) is 0.328. The third-order valence-corrected chi connectivity index (χ3v) is 7.51. The molecular formula is C24H26F3NO2. The number of alkyl halides is 3. The Morgan fingerprint density at radius 3 is 2.73 bits per heavy atom. The first-order valence-electron chi connectivity index (χ1n) is 10.6. The Bertz CT molecular complexity index is 992. The highest BCUT2D eigenvalue weighted by Crippen LogP contribution is 2.76. The molecule has 2 bridgehead atoms. The predicted octanol–water partition coefficient (Wildman–Crippen LogP) is 6.25. The van der Waals surface area contributed by atoms with Crippen molar-refractivity contribution < 1.29 is 22.4 Å². The van der Waals surface area contributed by atoms with Gasteiger partial charge in [0, 0.05) is 19.2 Å². The summed E-state index contributed by atoms with van der Waals surface area (Å²) in [6, 6.07) is 8.09. The first-order valence-corrected chi connectivity index (χ1v) is 10.6. The van der Waals surface area contributed by atoms with Gasteiger partial charge in [0.2, 0.25) is 0 Å². The second-order valence-electron chi connectivity index (χ2n) is 10.1. The molecular weight excluding hydrogens is 391 g/mol. The van der Waals surface area contributed by atoms with Gasteiger partial charge in [-0.1, -0.05) is 19.1 Å². The number of hydrogen-bond acceptors (Lipinski definition) is 2. The van der Waals surface area contributed by atoms with Gasteiger partial charge in [0.1, 0.15) is 5.76 Å². The Morgan fingerprint density at radius 2 is 1.97 bits per heavy atom. The average Bonchev–Trinajstić information content (AvgIpc) is 3.04. The number of amides is 1. The molecule has 160 valence electrons. The van der Waals surface area contributed by atoms with Crippen LogP contribution in [0.4, 0.5) is 13.2 Å². The fourth-order valence-electron chi connectivity index (χ4n) is 6.67. The van der Waals surface area contributed by atoms with Crippen molar-refractivity contribution in [2.75, 3.05) is 13.6 Å². The molecule has 3 saturated carbocycles. The summed E-state index contributed by atoms with van der Waals surface area (Å²) in [5.74, 6) is 1.76. The summed E-state index contributed by atoms with van der Waals surface area (Å²) >= 11 is 0. The summed E-state index contributed by atoms with van der Waals surface area (Å²) in [7, 11) is 1.80. The summed E-state index contributed by atoms with van der Waals surface area (Å²) in [5, 5.41) is 0. The summed E-state index contributed by atoms with van der Waals surface area (Å²) in [6.45, 7) is 3.04. The van der Waals surface area contributed by atoms with Crippen LogP contribution in [0.3, 0.4) is 0 Å². The van der Waals surface area contributed by atoms with Gasteiger partial charge in [-0.25, -0.2) is 0 Å². The normalized spacial score (nSPS) is 32.0. The van der Waals surface area contributed by atoms with Crippen LogP contribution < -0.4 is 0 Å². The van der Waals surface area contributed by atoms with Crippen LogP contribution in [0.25, 0.3) is 11.3 Å². The minimum absolute atomic E-state index is 0.169. The van der Waals surface area contributed by atoms with E-state index < -0.39 is 11.7 Å². The molecule has 30 heavy (non-hydrogen) atoms. The van der Waals surface area contributed by atoms with Gasteiger partial charge < -0.3 is 9.32 Å². The first kappa shape index (κ1) is 19.7. The van der Waals surface area contributed by atoms with E-state index in [1.165, 1.54) is 31.7 Å². The molecule has 1 spiro atoms. The van der Waals surface area contributed by atoms with Crippen LogP contribution in [0.5, 0.6) is 0 Å². The van der Waals surface area contributed by atoms with Crippen molar-refractivity contribution in [3.8, 4) is 11.3 Å². The zero-order chi connectivity index (χ0) is 21.3. The van der Waals surface area contributed by atoms with E-state index in [1.807, 2.05) is 0 Å². The van der Waals surface area contributed by atoms with Gasteiger partial charge in [-0.05, 0) is 79.0 Å². The highest BCUT2D eigenvalue weighted by Gasteiger charge is 2.67. The molecule has 0 N–H and O–H groups in total. The van der Waals surface area contributed by atoms with Crippen LogP contribution in [0.15, 0.2) is 40.8 Å². The van der Waals surface area contributed by atoms with Gasteiger partial charge >= 0.3 is 6.18 Å². The minimum Gasteiger partial charge on any atom is -0.451 e. The molecule has 1 aromatic heterocycles. The smallest absolute Gasteiger partial charge is 0.416 e. The number of carbonyl (C=O) groups is 1. The molecule has 6 heteroatoms. The maximum absolute atomic E-state index is 13.0. The standard InChI is InChI=1S/C24H26F3NO2/c1-15-9-22(11-18-12-23(18,10-15)13-22)14-28(2)21(29)20-7-6-19(30-20)16-4-3-5-17(8-16)24(25,26)27/h3-8,15,18H,9-14H2,1-2H3.